The molecule has 1 amide bonds. The first kappa shape index (κ1) is 22.4. The minimum absolute atomic E-state index is 0.242. The first-order chi connectivity index (χ1) is 15.2. The van der Waals surface area contributed by atoms with Crippen LogP contribution in [0.1, 0.15) is 58.8 Å². The van der Waals surface area contributed by atoms with E-state index in [1.54, 1.807) is 11.0 Å². The molecule has 1 aliphatic heterocycles. The zero-order valence-corrected chi connectivity index (χ0v) is 20.0. The summed E-state index contributed by atoms with van der Waals surface area (Å²) in [4.78, 5) is 28.5. The fourth-order valence-electron chi connectivity index (χ4n) is 4.24. The summed E-state index contributed by atoms with van der Waals surface area (Å²) in [5, 5.41) is 11.7. The van der Waals surface area contributed by atoms with Gasteiger partial charge in [-0.2, -0.15) is 0 Å². The molecule has 0 saturated heterocycles. The van der Waals surface area contributed by atoms with Crippen molar-refractivity contribution in [1.29, 1.82) is 0 Å². The van der Waals surface area contributed by atoms with Crippen LogP contribution < -0.4 is 4.90 Å². The number of carbonyl (C=O) groups is 2. The molecule has 1 aliphatic rings. The molecular weight excluding hydrogens is 466 g/mol. The summed E-state index contributed by atoms with van der Waals surface area (Å²) in [6.45, 7) is 6.35. The van der Waals surface area contributed by atoms with Gasteiger partial charge in [0.15, 0.2) is 11.4 Å². The number of ketones is 1. The van der Waals surface area contributed by atoms with E-state index in [-0.39, 0.29) is 18.1 Å². The maximum absolute atomic E-state index is 13.5. The molecular formula is C27H26BrNO3. The molecule has 0 aromatic heterocycles. The Bertz CT molecular complexity index is 1190. The van der Waals surface area contributed by atoms with E-state index in [1.165, 1.54) is 0 Å². The minimum atomic E-state index is -1.91. The van der Waals surface area contributed by atoms with Gasteiger partial charge in [0.05, 0.1) is 18.7 Å². The molecule has 3 aromatic rings. The number of aliphatic hydroxyl groups is 1. The molecule has 0 fully saturated rings. The second-order valence-corrected chi connectivity index (χ2v) is 9.64. The maximum atomic E-state index is 13.5. The standard InChI is InChI=1S/C27H26BrNO3/c1-17(2)20-10-9-18(3)22(13-20)25(30)15-27(32)23-14-21(28)11-12-24(23)29(26(27)31)16-19-7-5-4-6-8-19/h4-14,17,32H,15-16H2,1-3H3/t27-/m0/s1. The minimum Gasteiger partial charge on any atom is -0.375 e. The second kappa shape index (κ2) is 8.64. The number of hydrogen-bond donors (Lipinski definition) is 1. The number of fused-ring (bicyclic) bond motifs is 1. The highest BCUT2D eigenvalue weighted by molar-refractivity contribution is 9.10. The number of carbonyl (C=O) groups excluding carboxylic acids is 2. The Morgan fingerprint density at radius 1 is 1.06 bits per heavy atom. The Kier molecular flexibility index (Phi) is 6.06. The van der Waals surface area contributed by atoms with Crippen molar-refractivity contribution in [3.8, 4) is 0 Å². The second-order valence-electron chi connectivity index (χ2n) is 8.73. The molecule has 4 rings (SSSR count). The molecule has 0 spiro atoms. The number of nitrogens with zero attached hydrogens (tertiary/aromatic N) is 1. The number of Topliss-reactive ketones (excluding diaryl/α,β-unsaturated/α-hetero) is 1. The van der Waals surface area contributed by atoms with Crippen LogP contribution in [-0.2, 0) is 16.9 Å². The van der Waals surface area contributed by atoms with Crippen molar-refractivity contribution in [3.05, 3.63) is 99.0 Å². The molecule has 1 heterocycles. The first-order valence-corrected chi connectivity index (χ1v) is 11.5. The molecule has 0 bridgehead atoms. The molecule has 164 valence electrons. The van der Waals surface area contributed by atoms with Crippen LogP contribution in [0.5, 0.6) is 0 Å². The van der Waals surface area contributed by atoms with E-state index in [0.29, 0.717) is 23.4 Å². The Hall–Kier alpha value is -2.76. The van der Waals surface area contributed by atoms with Crippen LogP contribution in [0, 0.1) is 6.92 Å². The fraction of sp³-hybridized carbons (Fsp3) is 0.259. The molecule has 4 nitrogen and oxygen atoms in total. The Morgan fingerprint density at radius 2 is 1.78 bits per heavy atom. The van der Waals surface area contributed by atoms with Crippen LogP contribution in [0.2, 0.25) is 0 Å². The zero-order chi connectivity index (χ0) is 23.0. The van der Waals surface area contributed by atoms with E-state index >= 15 is 0 Å². The van der Waals surface area contributed by atoms with Crippen molar-refractivity contribution in [1.82, 2.24) is 0 Å². The lowest BCUT2D eigenvalue weighted by molar-refractivity contribution is -0.136. The largest absolute Gasteiger partial charge is 0.375 e. The molecule has 1 N–H and O–H groups in total. The lowest BCUT2D eigenvalue weighted by atomic mass is 9.86. The van der Waals surface area contributed by atoms with E-state index < -0.39 is 11.5 Å². The number of anilines is 1. The maximum Gasteiger partial charge on any atom is 0.264 e. The third-order valence-corrected chi connectivity index (χ3v) is 6.62. The summed E-state index contributed by atoms with van der Waals surface area (Å²) in [5.74, 6) is -0.440. The summed E-state index contributed by atoms with van der Waals surface area (Å²) in [6.07, 6.45) is -0.303. The zero-order valence-electron chi connectivity index (χ0n) is 18.4. The van der Waals surface area contributed by atoms with Gasteiger partial charge >= 0.3 is 0 Å². The molecule has 0 unspecified atom stereocenters. The summed E-state index contributed by atoms with van der Waals surface area (Å²) in [6, 6.07) is 20.8. The Balaban J connectivity index is 1.72. The van der Waals surface area contributed by atoms with Gasteiger partial charge in [-0.25, -0.2) is 0 Å². The molecule has 32 heavy (non-hydrogen) atoms. The number of hydrogen-bond acceptors (Lipinski definition) is 3. The van der Waals surface area contributed by atoms with Gasteiger partial charge in [-0.3, -0.25) is 9.59 Å². The normalized spacial score (nSPS) is 17.7. The highest BCUT2D eigenvalue weighted by Gasteiger charge is 2.51. The SMILES string of the molecule is Cc1ccc(C(C)C)cc1C(=O)C[C@@]1(O)C(=O)N(Cc2ccccc2)c2ccc(Br)cc21. The van der Waals surface area contributed by atoms with E-state index in [0.717, 1.165) is 21.2 Å². The van der Waals surface area contributed by atoms with Gasteiger partial charge in [-0.1, -0.05) is 72.2 Å². The third-order valence-electron chi connectivity index (χ3n) is 6.12. The smallest absolute Gasteiger partial charge is 0.264 e. The van der Waals surface area contributed by atoms with Gasteiger partial charge in [0.25, 0.3) is 5.91 Å². The fourth-order valence-corrected chi connectivity index (χ4v) is 4.60. The molecule has 0 saturated carbocycles. The first-order valence-electron chi connectivity index (χ1n) is 10.7. The van der Waals surface area contributed by atoms with Gasteiger partial charge < -0.3 is 10.0 Å². The average molecular weight is 492 g/mol. The molecule has 5 heteroatoms. The summed E-state index contributed by atoms with van der Waals surface area (Å²) >= 11 is 3.45. The average Bonchev–Trinajstić information content (AvgIpc) is 2.96. The Labute approximate surface area is 197 Å². The van der Waals surface area contributed by atoms with Crippen LogP contribution in [0.15, 0.2) is 71.2 Å². The van der Waals surface area contributed by atoms with E-state index in [9.17, 15) is 14.7 Å². The van der Waals surface area contributed by atoms with Gasteiger partial charge in [0, 0.05) is 15.6 Å². The quantitative estimate of drug-likeness (QED) is 0.437. The van der Waals surface area contributed by atoms with E-state index in [1.807, 2.05) is 67.6 Å². The molecule has 0 radical (unpaired) electrons. The van der Waals surface area contributed by atoms with Gasteiger partial charge in [0.1, 0.15) is 0 Å². The molecule has 1 atom stereocenters. The summed E-state index contributed by atoms with van der Waals surface area (Å²) in [7, 11) is 0. The van der Waals surface area contributed by atoms with Crippen LogP contribution in [0.3, 0.4) is 0 Å². The highest BCUT2D eigenvalue weighted by atomic mass is 79.9. The van der Waals surface area contributed by atoms with Crippen molar-refractivity contribution in [2.45, 2.75) is 45.3 Å². The molecule has 3 aromatic carbocycles. The van der Waals surface area contributed by atoms with Crippen molar-refractivity contribution in [3.63, 3.8) is 0 Å². The molecule has 0 aliphatic carbocycles. The number of amides is 1. The van der Waals surface area contributed by atoms with Gasteiger partial charge in [-0.15, -0.1) is 0 Å². The Morgan fingerprint density at radius 3 is 2.47 bits per heavy atom. The van der Waals surface area contributed by atoms with E-state index in [2.05, 4.69) is 29.8 Å². The van der Waals surface area contributed by atoms with Crippen molar-refractivity contribution >= 4 is 33.3 Å². The summed E-state index contributed by atoms with van der Waals surface area (Å²) < 4.78 is 0.745. The van der Waals surface area contributed by atoms with Gasteiger partial charge in [0.2, 0.25) is 0 Å². The van der Waals surface area contributed by atoms with Crippen LogP contribution in [0.4, 0.5) is 5.69 Å². The van der Waals surface area contributed by atoms with Crippen LogP contribution >= 0.6 is 15.9 Å². The predicted octanol–water partition coefficient (Wildman–Crippen LogP) is 5.89. The topological polar surface area (TPSA) is 57.6 Å². The van der Waals surface area contributed by atoms with Crippen molar-refractivity contribution in [2.75, 3.05) is 4.90 Å². The lowest BCUT2D eigenvalue weighted by Crippen LogP contribution is -2.41. The predicted molar refractivity (Wildman–Crippen MR) is 130 cm³/mol. The van der Waals surface area contributed by atoms with E-state index in [4.69, 9.17) is 0 Å². The summed E-state index contributed by atoms with van der Waals surface area (Å²) in [5.41, 5.74) is 2.57. The number of halogens is 1. The number of benzene rings is 3. The van der Waals surface area contributed by atoms with Crippen LogP contribution in [0.25, 0.3) is 0 Å². The van der Waals surface area contributed by atoms with Crippen molar-refractivity contribution < 1.29 is 14.7 Å². The monoisotopic (exact) mass is 491 g/mol. The van der Waals surface area contributed by atoms with Crippen LogP contribution in [-0.4, -0.2) is 16.8 Å². The van der Waals surface area contributed by atoms with Crippen molar-refractivity contribution in [2.24, 2.45) is 0 Å². The number of rotatable bonds is 6. The van der Waals surface area contributed by atoms with Gasteiger partial charge in [-0.05, 0) is 53.8 Å². The lowest BCUT2D eigenvalue weighted by Gasteiger charge is -2.23. The third kappa shape index (κ3) is 4.03. The highest BCUT2D eigenvalue weighted by Crippen LogP contribution is 2.45. The number of aryl methyl sites for hydroxylation is 1.